The second-order valence-electron chi connectivity index (χ2n) is 4.68. The monoisotopic (exact) mass is 340 g/mol. The number of hydrogen-bond donors (Lipinski definition) is 1. The number of nitro benzene ring substituents is 1. The van der Waals surface area contributed by atoms with Crippen molar-refractivity contribution >= 4 is 17.3 Å². The molecule has 2 aromatic rings. The molecule has 0 radical (unpaired) electrons. The van der Waals surface area contributed by atoms with Crippen molar-refractivity contribution in [2.75, 3.05) is 12.4 Å². The lowest BCUT2D eigenvalue weighted by atomic mass is 10.1. The molecule has 0 fully saturated rings. The number of anilines is 1. The van der Waals surface area contributed by atoms with Gasteiger partial charge in [0.2, 0.25) is 0 Å². The van der Waals surface area contributed by atoms with E-state index in [9.17, 15) is 28.1 Å². The van der Waals surface area contributed by atoms with E-state index >= 15 is 0 Å². The third kappa shape index (κ3) is 3.80. The highest BCUT2D eigenvalue weighted by atomic mass is 19.4. The van der Waals surface area contributed by atoms with E-state index in [0.29, 0.717) is 0 Å². The predicted molar refractivity (Wildman–Crippen MR) is 79.0 cm³/mol. The van der Waals surface area contributed by atoms with Gasteiger partial charge in [-0.05, 0) is 24.3 Å². The minimum atomic E-state index is -4.53. The summed E-state index contributed by atoms with van der Waals surface area (Å²) < 4.78 is 42.8. The van der Waals surface area contributed by atoms with Gasteiger partial charge in [0.25, 0.3) is 5.91 Å². The highest BCUT2D eigenvalue weighted by Crippen LogP contribution is 2.31. The van der Waals surface area contributed by atoms with Crippen molar-refractivity contribution in [3.63, 3.8) is 0 Å². The maximum absolute atomic E-state index is 12.7. The molecule has 24 heavy (non-hydrogen) atoms. The molecule has 0 atom stereocenters. The number of alkyl halides is 3. The van der Waals surface area contributed by atoms with Crippen LogP contribution in [0.5, 0.6) is 5.75 Å². The van der Waals surface area contributed by atoms with Crippen LogP contribution in [0.15, 0.2) is 42.5 Å². The number of halogens is 3. The molecule has 0 saturated carbocycles. The molecular formula is C15H11F3N2O4. The smallest absolute Gasteiger partial charge is 0.416 e. The SMILES string of the molecule is COc1cc(C(=O)Nc2cccc(C(F)(F)F)c2)ccc1[N+](=O)[O-]. The van der Waals surface area contributed by atoms with E-state index in [1.165, 1.54) is 19.2 Å². The molecule has 1 N–H and O–H groups in total. The first kappa shape index (κ1) is 17.3. The first-order valence-electron chi connectivity index (χ1n) is 6.53. The zero-order valence-electron chi connectivity index (χ0n) is 12.3. The summed E-state index contributed by atoms with van der Waals surface area (Å²) in [7, 11) is 1.21. The Balaban J connectivity index is 2.26. The number of rotatable bonds is 4. The maximum atomic E-state index is 12.7. The van der Waals surface area contributed by atoms with Crippen LogP contribution in [0.3, 0.4) is 0 Å². The lowest BCUT2D eigenvalue weighted by Crippen LogP contribution is -2.13. The summed E-state index contributed by atoms with van der Waals surface area (Å²) in [5.74, 6) is -0.848. The Hall–Kier alpha value is -3.10. The van der Waals surface area contributed by atoms with Crippen LogP contribution in [0.4, 0.5) is 24.5 Å². The van der Waals surface area contributed by atoms with Crippen LogP contribution in [0.2, 0.25) is 0 Å². The van der Waals surface area contributed by atoms with Crippen LogP contribution in [0, 0.1) is 10.1 Å². The Labute approximate surface area is 134 Å². The van der Waals surface area contributed by atoms with Gasteiger partial charge in [-0.3, -0.25) is 14.9 Å². The van der Waals surface area contributed by atoms with E-state index in [0.717, 1.165) is 30.3 Å². The van der Waals surface area contributed by atoms with E-state index in [-0.39, 0.29) is 22.7 Å². The van der Waals surface area contributed by atoms with Gasteiger partial charge >= 0.3 is 11.9 Å². The normalized spacial score (nSPS) is 11.0. The molecule has 0 bridgehead atoms. The fourth-order valence-electron chi connectivity index (χ4n) is 1.95. The number of carbonyl (C=O) groups is 1. The largest absolute Gasteiger partial charge is 0.490 e. The molecule has 0 heterocycles. The van der Waals surface area contributed by atoms with Crippen molar-refractivity contribution in [3.05, 3.63) is 63.7 Å². The Bertz CT molecular complexity index is 791. The lowest BCUT2D eigenvalue weighted by molar-refractivity contribution is -0.385. The molecule has 0 aromatic heterocycles. The minimum Gasteiger partial charge on any atom is -0.490 e. The van der Waals surface area contributed by atoms with Crippen molar-refractivity contribution in [2.24, 2.45) is 0 Å². The van der Waals surface area contributed by atoms with Gasteiger partial charge in [-0.2, -0.15) is 13.2 Å². The molecule has 0 aliphatic heterocycles. The zero-order valence-corrected chi connectivity index (χ0v) is 12.3. The number of nitrogens with zero attached hydrogens (tertiary/aromatic N) is 1. The van der Waals surface area contributed by atoms with E-state index in [2.05, 4.69) is 5.32 Å². The summed E-state index contributed by atoms with van der Waals surface area (Å²) in [6.07, 6.45) is -4.53. The predicted octanol–water partition coefficient (Wildman–Crippen LogP) is 3.87. The number of nitro groups is 1. The van der Waals surface area contributed by atoms with Gasteiger partial charge in [0.1, 0.15) is 0 Å². The molecule has 9 heteroatoms. The van der Waals surface area contributed by atoms with Gasteiger partial charge in [-0.15, -0.1) is 0 Å². The van der Waals surface area contributed by atoms with Gasteiger partial charge in [-0.1, -0.05) is 6.07 Å². The van der Waals surface area contributed by atoms with Crippen molar-refractivity contribution in [3.8, 4) is 5.75 Å². The molecule has 1 amide bonds. The van der Waals surface area contributed by atoms with Gasteiger partial charge in [0, 0.05) is 23.4 Å². The fourth-order valence-corrected chi connectivity index (χ4v) is 1.95. The van der Waals surface area contributed by atoms with Crippen molar-refractivity contribution in [1.82, 2.24) is 0 Å². The third-order valence-corrected chi connectivity index (χ3v) is 3.09. The topological polar surface area (TPSA) is 81.5 Å². The van der Waals surface area contributed by atoms with Gasteiger partial charge < -0.3 is 10.1 Å². The average Bonchev–Trinajstić information content (AvgIpc) is 2.53. The Morgan fingerprint density at radius 2 is 1.92 bits per heavy atom. The molecule has 2 aromatic carbocycles. The van der Waals surface area contributed by atoms with Crippen molar-refractivity contribution in [1.29, 1.82) is 0 Å². The second kappa shape index (κ2) is 6.57. The van der Waals surface area contributed by atoms with Crippen LogP contribution in [-0.4, -0.2) is 17.9 Å². The number of hydrogen-bond acceptors (Lipinski definition) is 4. The Morgan fingerprint density at radius 3 is 2.50 bits per heavy atom. The first-order chi connectivity index (χ1) is 11.2. The van der Waals surface area contributed by atoms with Gasteiger partial charge in [0.05, 0.1) is 17.6 Å². The lowest BCUT2D eigenvalue weighted by Gasteiger charge is -2.10. The summed E-state index contributed by atoms with van der Waals surface area (Å²) in [5.41, 5.74) is -1.27. The standard InChI is InChI=1S/C15H11F3N2O4/c1-24-13-7-9(5-6-12(13)20(22)23)14(21)19-11-4-2-3-10(8-11)15(16,17)18/h2-8H,1H3,(H,19,21). The van der Waals surface area contributed by atoms with E-state index in [1.807, 2.05) is 0 Å². The van der Waals surface area contributed by atoms with Gasteiger partial charge in [-0.25, -0.2) is 0 Å². The van der Waals surface area contributed by atoms with Crippen LogP contribution in [0.1, 0.15) is 15.9 Å². The molecule has 2 rings (SSSR count). The average molecular weight is 340 g/mol. The van der Waals surface area contributed by atoms with Crippen LogP contribution >= 0.6 is 0 Å². The highest BCUT2D eigenvalue weighted by Gasteiger charge is 2.30. The number of nitrogens with one attached hydrogen (secondary N) is 1. The molecule has 126 valence electrons. The summed E-state index contributed by atoms with van der Waals surface area (Å²) >= 11 is 0. The maximum Gasteiger partial charge on any atom is 0.416 e. The fraction of sp³-hybridized carbons (Fsp3) is 0.133. The number of methoxy groups -OCH3 is 1. The Kier molecular flexibility index (Phi) is 4.72. The number of benzene rings is 2. The third-order valence-electron chi connectivity index (χ3n) is 3.09. The Morgan fingerprint density at radius 1 is 1.21 bits per heavy atom. The minimum absolute atomic E-state index is 0.00913. The zero-order chi connectivity index (χ0) is 17.9. The molecule has 6 nitrogen and oxygen atoms in total. The summed E-state index contributed by atoms with van der Waals surface area (Å²) in [6, 6.07) is 7.54. The van der Waals surface area contributed by atoms with Gasteiger partial charge in [0.15, 0.2) is 5.75 Å². The van der Waals surface area contributed by atoms with Crippen LogP contribution < -0.4 is 10.1 Å². The number of ether oxygens (including phenoxy) is 1. The van der Waals surface area contributed by atoms with E-state index < -0.39 is 22.6 Å². The van der Waals surface area contributed by atoms with Crippen molar-refractivity contribution < 1.29 is 27.6 Å². The molecule has 0 aliphatic carbocycles. The molecule has 0 saturated heterocycles. The molecular weight excluding hydrogens is 329 g/mol. The van der Waals surface area contributed by atoms with E-state index in [4.69, 9.17) is 4.74 Å². The van der Waals surface area contributed by atoms with E-state index in [1.54, 1.807) is 0 Å². The van der Waals surface area contributed by atoms with Crippen molar-refractivity contribution in [2.45, 2.75) is 6.18 Å². The highest BCUT2D eigenvalue weighted by molar-refractivity contribution is 6.04. The summed E-state index contributed by atoms with van der Waals surface area (Å²) in [5, 5.41) is 13.1. The van der Waals surface area contributed by atoms with Crippen LogP contribution in [-0.2, 0) is 6.18 Å². The molecule has 0 unspecified atom stereocenters. The summed E-state index contributed by atoms with van der Waals surface area (Å²) in [4.78, 5) is 22.2. The quantitative estimate of drug-likeness (QED) is 0.676. The molecule has 0 aliphatic rings. The van der Waals surface area contributed by atoms with Crippen LogP contribution in [0.25, 0.3) is 0 Å². The number of amides is 1. The second-order valence-corrected chi connectivity index (χ2v) is 4.68. The first-order valence-corrected chi connectivity index (χ1v) is 6.53. The number of carbonyl (C=O) groups excluding carboxylic acids is 1. The summed E-state index contributed by atoms with van der Waals surface area (Å²) in [6.45, 7) is 0. The molecule has 0 spiro atoms.